The summed E-state index contributed by atoms with van der Waals surface area (Å²) in [6.07, 6.45) is 1.36. The van der Waals surface area contributed by atoms with Crippen molar-refractivity contribution in [3.8, 4) is 0 Å². The van der Waals surface area contributed by atoms with Crippen molar-refractivity contribution in [2.45, 2.75) is 6.61 Å². The molecule has 0 saturated carbocycles. The van der Waals surface area contributed by atoms with Gasteiger partial charge in [0.25, 0.3) is 10.0 Å². The molecule has 0 heterocycles. The second-order valence-electron chi connectivity index (χ2n) is 4.43. The maximum Gasteiger partial charge on any atom is 0.255 e. The Morgan fingerprint density at radius 1 is 1.18 bits per heavy atom. The zero-order valence-corrected chi connectivity index (χ0v) is 12.9. The molecule has 0 saturated heterocycles. The van der Waals surface area contributed by atoms with Crippen molar-refractivity contribution in [2.75, 3.05) is 4.72 Å². The number of aliphatic hydroxyl groups is 1. The highest BCUT2D eigenvalue weighted by atomic mass is 35.5. The van der Waals surface area contributed by atoms with Gasteiger partial charge >= 0.3 is 0 Å². The van der Waals surface area contributed by atoms with Gasteiger partial charge in [0.15, 0.2) is 0 Å². The predicted molar refractivity (Wildman–Crippen MR) is 85.4 cm³/mol. The summed E-state index contributed by atoms with van der Waals surface area (Å²) < 4.78 is 39.8. The topological polar surface area (TPSA) is 66.4 Å². The van der Waals surface area contributed by atoms with E-state index in [1.807, 2.05) is 0 Å². The maximum atomic E-state index is 13.7. The quantitative estimate of drug-likeness (QED) is 0.876. The lowest BCUT2D eigenvalue weighted by Crippen LogP contribution is -2.12. The lowest BCUT2D eigenvalue weighted by Gasteiger charge is -2.10. The monoisotopic (exact) mass is 341 g/mol. The lowest BCUT2D eigenvalue weighted by atomic mass is 10.2. The number of hydrogen-bond acceptors (Lipinski definition) is 3. The lowest BCUT2D eigenvalue weighted by molar-refractivity contribution is 0.282. The molecule has 0 spiro atoms. The van der Waals surface area contributed by atoms with Gasteiger partial charge in [0, 0.05) is 10.6 Å². The second-order valence-corrected chi connectivity index (χ2v) is 6.44. The maximum absolute atomic E-state index is 13.7. The number of para-hydroxylation sites is 1. The minimum absolute atomic E-state index is 0.156. The molecule has 2 rings (SSSR count). The molecule has 2 N–H and O–H groups in total. The van der Waals surface area contributed by atoms with Crippen molar-refractivity contribution in [2.24, 2.45) is 0 Å². The van der Waals surface area contributed by atoms with E-state index in [0.717, 1.165) is 11.5 Å². The van der Waals surface area contributed by atoms with Crippen molar-refractivity contribution >= 4 is 33.4 Å². The molecule has 0 atom stereocenters. The van der Waals surface area contributed by atoms with Crippen LogP contribution in [-0.4, -0.2) is 13.5 Å². The highest BCUT2D eigenvalue weighted by molar-refractivity contribution is 7.95. The van der Waals surface area contributed by atoms with Crippen molar-refractivity contribution in [1.82, 2.24) is 0 Å². The van der Waals surface area contributed by atoms with Crippen molar-refractivity contribution in [1.29, 1.82) is 0 Å². The van der Waals surface area contributed by atoms with Crippen molar-refractivity contribution in [3.05, 3.63) is 69.8 Å². The molecule has 0 fully saturated rings. The first-order chi connectivity index (χ1) is 10.4. The number of nitrogens with one attached hydrogen (secondary N) is 1. The standard InChI is InChI=1S/C15H13ClFNO3S/c16-13-6-4-11(5-7-13)8-9-22(20,21)18-15-12(10-19)2-1-3-14(15)17/h1-9,18-19H,10H2/b9-8+. The van der Waals surface area contributed by atoms with Gasteiger partial charge < -0.3 is 5.11 Å². The third-order valence-electron chi connectivity index (χ3n) is 2.82. The SMILES string of the molecule is O=S(=O)(/C=C/c1ccc(Cl)cc1)Nc1c(F)cccc1CO. The summed E-state index contributed by atoms with van der Waals surface area (Å²) in [5.41, 5.74) is 0.528. The molecule has 0 aliphatic rings. The summed E-state index contributed by atoms with van der Waals surface area (Å²) in [5.74, 6) is -0.755. The fourth-order valence-corrected chi connectivity index (χ4v) is 2.78. The average molecular weight is 342 g/mol. The zero-order chi connectivity index (χ0) is 16.2. The molecule has 7 heteroatoms. The van der Waals surface area contributed by atoms with E-state index < -0.39 is 22.4 Å². The van der Waals surface area contributed by atoms with E-state index in [2.05, 4.69) is 4.72 Å². The molecular formula is C15H13ClFNO3S. The summed E-state index contributed by atoms with van der Waals surface area (Å²) in [7, 11) is -3.91. The van der Waals surface area contributed by atoms with Crippen LogP contribution >= 0.6 is 11.6 Å². The number of hydrogen-bond donors (Lipinski definition) is 2. The van der Waals surface area contributed by atoms with Crippen LogP contribution in [0.4, 0.5) is 10.1 Å². The Morgan fingerprint density at radius 2 is 1.86 bits per heavy atom. The van der Waals surface area contributed by atoms with E-state index >= 15 is 0 Å². The first-order valence-corrected chi connectivity index (χ1v) is 8.18. The van der Waals surface area contributed by atoms with Gasteiger partial charge in [-0.2, -0.15) is 0 Å². The normalized spacial score (nSPS) is 11.8. The molecule has 0 aromatic heterocycles. The Bertz CT molecular complexity index is 789. The largest absolute Gasteiger partial charge is 0.392 e. The van der Waals surface area contributed by atoms with Crippen LogP contribution < -0.4 is 4.72 Å². The van der Waals surface area contributed by atoms with E-state index in [0.29, 0.717) is 10.6 Å². The van der Waals surface area contributed by atoms with Gasteiger partial charge in [-0.25, -0.2) is 12.8 Å². The molecular weight excluding hydrogens is 329 g/mol. The number of rotatable bonds is 5. The Balaban J connectivity index is 2.23. The second kappa shape index (κ2) is 6.91. The number of sulfonamides is 1. The van der Waals surface area contributed by atoms with Gasteiger partial charge in [0.2, 0.25) is 0 Å². The van der Waals surface area contributed by atoms with E-state index in [9.17, 15) is 12.8 Å². The van der Waals surface area contributed by atoms with Crippen LogP contribution in [0.15, 0.2) is 47.9 Å². The fourth-order valence-electron chi connectivity index (χ4n) is 1.73. The van der Waals surface area contributed by atoms with Gasteiger partial charge in [0.1, 0.15) is 5.82 Å². The first-order valence-electron chi connectivity index (χ1n) is 6.26. The molecule has 4 nitrogen and oxygen atoms in total. The van der Waals surface area contributed by atoms with Gasteiger partial charge in [-0.3, -0.25) is 4.72 Å². The highest BCUT2D eigenvalue weighted by Gasteiger charge is 2.13. The number of benzene rings is 2. The van der Waals surface area contributed by atoms with Crippen LogP contribution in [-0.2, 0) is 16.6 Å². The summed E-state index contributed by atoms with van der Waals surface area (Å²) in [4.78, 5) is 0. The van der Waals surface area contributed by atoms with E-state index in [-0.39, 0.29) is 11.3 Å². The van der Waals surface area contributed by atoms with Crippen molar-refractivity contribution < 1.29 is 17.9 Å². The Morgan fingerprint density at radius 3 is 2.50 bits per heavy atom. The summed E-state index contributed by atoms with van der Waals surface area (Å²) in [6, 6.07) is 10.5. The smallest absolute Gasteiger partial charge is 0.255 e. The summed E-state index contributed by atoms with van der Waals surface area (Å²) in [6.45, 7) is -0.476. The van der Waals surface area contributed by atoms with Crippen LogP contribution in [0.2, 0.25) is 5.02 Å². The molecule has 2 aromatic rings. The van der Waals surface area contributed by atoms with Crippen LogP contribution in [0.25, 0.3) is 6.08 Å². The average Bonchev–Trinajstić information content (AvgIpc) is 2.49. The van der Waals surface area contributed by atoms with E-state index in [1.54, 1.807) is 24.3 Å². The van der Waals surface area contributed by atoms with Crippen LogP contribution in [0, 0.1) is 5.82 Å². The van der Waals surface area contributed by atoms with Gasteiger partial charge in [-0.05, 0) is 29.8 Å². The molecule has 0 radical (unpaired) electrons. The number of aliphatic hydroxyl groups excluding tert-OH is 1. The Labute approximate surface area is 132 Å². The van der Waals surface area contributed by atoms with Crippen LogP contribution in [0.5, 0.6) is 0 Å². The first kappa shape index (κ1) is 16.5. The van der Waals surface area contributed by atoms with E-state index in [1.165, 1.54) is 18.2 Å². The van der Waals surface area contributed by atoms with Crippen LogP contribution in [0.3, 0.4) is 0 Å². The minimum atomic E-state index is -3.91. The molecule has 0 amide bonds. The molecule has 0 aliphatic heterocycles. The Hall–Kier alpha value is -1.89. The summed E-state index contributed by atoms with van der Waals surface area (Å²) in [5, 5.41) is 10.6. The predicted octanol–water partition coefficient (Wildman–Crippen LogP) is 3.38. The zero-order valence-electron chi connectivity index (χ0n) is 11.3. The molecule has 0 bridgehead atoms. The minimum Gasteiger partial charge on any atom is -0.392 e. The molecule has 116 valence electrons. The number of halogens is 2. The molecule has 0 aliphatic carbocycles. The molecule has 2 aromatic carbocycles. The fraction of sp³-hybridized carbons (Fsp3) is 0.0667. The van der Waals surface area contributed by atoms with E-state index in [4.69, 9.17) is 16.7 Å². The Kier molecular flexibility index (Phi) is 5.18. The third kappa shape index (κ3) is 4.30. The molecule has 0 unspecified atom stereocenters. The van der Waals surface area contributed by atoms with Crippen LogP contribution in [0.1, 0.15) is 11.1 Å². The van der Waals surface area contributed by atoms with Gasteiger partial charge in [-0.1, -0.05) is 35.9 Å². The third-order valence-corrected chi connectivity index (χ3v) is 4.06. The number of anilines is 1. The summed E-state index contributed by atoms with van der Waals surface area (Å²) >= 11 is 5.74. The van der Waals surface area contributed by atoms with Gasteiger partial charge in [0.05, 0.1) is 17.7 Å². The highest BCUT2D eigenvalue weighted by Crippen LogP contribution is 2.21. The molecule has 22 heavy (non-hydrogen) atoms. The van der Waals surface area contributed by atoms with Gasteiger partial charge in [-0.15, -0.1) is 0 Å². The van der Waals surface area contributed by atoms with Crippen molar-refractivity contribution in [3.63, 3.8) is 0 Å².